The second-order valence-corrected chi connectivity index (χ2v) is 5.67. The number of hydrogen-bond acceptors (Lipinski definition) is 4. The molecule has 0 unspecified atom stereocenters. The van der Waals surface area contributed by atoms with Gasteiger partial charge >= 0.3 is 0 Å². The van der Waals surface area contributed by atoms with Crippen LogP contribution in [0.2, 0.25) is 0 Å². The summed E-state index contributed by atoms with van der Waals surface area (Å²) in [5.41, 5.74) is 1.18. The van der Waals surface area contributed by atoms with Gasteiger partial charge in [0.05, 0.1) is 27.4 Å². The van der Waals surface area contributed by atoms with Gasteiger partial charge in [-0.1, -0.05) is 15.9 Å². The molecule has 1 aromatic rings. The first-order chi connectivity index (χ1) is 9.76. The highest BCUT2D eigenvalue weighted by atomic mass is 79.9. The second kappa shape index (κ2) is 7.86. The zero-order chi connectivity index (χ0) is 14.4. The lowest BCUT2D eigenvalue weighted by molar-refractivity contribution is 0.0374. The molecule has 0 radical (unpaired) electrons. The molecular weight excluding hydrogens is 322 g/mol. The number of methoxy groups -OCH3 is 2. The van der Waals surface area contributed by atoms with Crippen molar-refractivity contribution in [3.63, 3.8) is 0 Å². The van der Waals surface area contributed by atoms with Gasteiger partial charge in [0, 0.05) is 23.1 Å². The molecule has 0 aromatic heterocycles. The maximum Gasteiger partial charge on any atom is 0.165 e. The SMILES string of the molecule is COc1ccc(Br)c(CCCN2CCOCC2)c1OC. The minimum Gasteiger partial charge on any atom is -0.493 e. The van der Waals surface area contributed by atoms with Crippen molar-refractivity contribution in [2.45, 2.75) is 12.8 Å². The second-order valence-electron chi connectivity index (χ2n) is 4.82. The molecule has 0 N–H and O–H groups in total. The number of halogens is 1. The van der Waals surface area contributed by atoms with E-state index in [0.29, 0.717) is 0 Å². The van der Waals surface area contributed by atoms with E-state index in [-0.39, 0.29) is 0 Å². The van der Waals surface area contributed by atoms with Crippen LogP contribution in [-0.4, -0.2) is 52.0 Å². The van der Waals surface area contributed by atoms with Gasteiger partial charge in [-0.2, -0.15) is 0 Å². The number of morpholine rings is 1. The Bertz CT molecular complexity index is 433. The molecule has 112 valence electrons. The highest BCUT2D eigenvalue weighted by Gasteiger charge is 2.15. The largest absolute Gasteiger partial charge is 0.493 e. The van der Waals surface area contributed by atoms with Crippen molar-refractivity contribution < 1.29 is 14.2 Å². The molecule has 0 bridgehead atoms. The highest BCUT2D eigenvalue weighted by molar-refractivity contribution is 9.10. The number of ether oxygens (including phenoxy) is 3. The van der Waals surface area contributed by atoms with Crippen LogP contribution >= 0.6 is 15.9 Å². The molecule has 0 aliphatic carbocycles. The van der Waals surface area contributed by atoms with E-state index < -0.39 is 0 Å². The van der Waals surface area contributed by atoms with Crippen molar-refractivity contribution in [2.75, 3.05) is 47.1 Å². The van der Waals surface area contributed by atoms with Crippen molar-refractivity contribution in [3.8, 4) is 11.5 Å². The first kappa shape index (κ1) is 15.6. The summed E-state index contributed by atoms with van der Waals surface area (Å²) in [6.45, 7) is 4.88. The Morgan fingerprint density at radius 3 is 2.60 bits per heavy atom. The summed E-state index contributed by atoms with van der Waals surface area (Å²) in [7, 11) is 3.36. The van der Waals surface area contributed by atoms with Crippen LogP contribution in [0, 0.1) is 0 Å². The van der Waals surface area contributed by atoms with E-state index in [0.717, 1.165) is 61.7 Å². The van der Waals surface area contributed by atoms with E-state index in [2.05, 4.69) is 20.8 Å². The van der Waals surface area contributed by atoms with Gasteiger partial charge in [0.2, 0.25) is 0 Å². The van der Waals surface area contributed by atoms with E-state index in [4.69, 9.17) is 14.2 Å². The van der Waals surface area contributed by atoms with Gasteiger partial charge in [-0.05, 0) is 31.5 Å². The Balaban J connectivity index is 1.97. The lowest BCUT2D eigenvalue weighted by Crippen LogP contribution is -2.36. The third-order valence-corrected chi connectivity index (χ3v) is 4.34. The molecule has 1 aromatic carbocycles. The van der Waals surface area contributed by atoms with Crippen molar-refractivity contribution in [1.82, 2.24) is 4.90 Å². The third-order valence-electron chi connectivity index (χ3n) is 3.60. The lowest BCUT2D eigenvalue weighted by atomic mass is 10.1. The van der Waals surface area contributed by atoms with Crippen LogP contribution < -0.4 is 9.47 Å². The minimum absolute atomic E-state index is 0.789. The van der Waals surface area contributed by atoms with Crippen LogP contribution in [0.5, 0.6) is 11.5 Å². The topological polar surface area (TPSA) is 30.9 Å². The predicted molar refractivity (Wildman–Crippen MR) is 82.8 cm³/mol. The summed E-state index contributed by atoms with van der Waals surface area (Å²) < 4.78 is 17.3. The molecule has 1 aliphatic rings. The molecule has 0 saturated carbocycles. The lowest BCUT2D eigenvalue weighted by Gasteiger charge is -2.26. The maximum atomic E-state index is 5.50. The minimum atomic E-state index is 0.789. The van der Waals surface area contributed by atoms with E-state index >= 15 is 0 Å². The molecule has 4 nitrogen and oxygen atoms in total. The van der Waals surface area contributed by atoms with Crippen LogP contribution in [0.1, 0.15) is 12.0 Å². The fourth-order valence-corrected chi connectivity index (χ4v) is 3.01. The van der Waals surface area contributed by atoms with Gasteiger partial charge < -0.3 is 14.2 Å². The van der Waals surface area contributed by atoms with E-state index in [1.54, 1.807) is 14.2 Å². The van der Waals surface area contributed by atoms with Crippen LogP contribution in [0.25, 0.3) is 0 Å². The van der Waals surface area contributed by atoms with Crippen LogP contribution in [0.3, 0.4) is 0 Å². The molecule has 1 fully saturated rings. The van der Waals surface area contributed by atoms with Crippen LogP contribution in [0.4, 0.5) is 0 Å². The average molecular weight is 344 g/mol. The molecule has 1 aliphatic heterocycles. The average Bonchev–Trinajstić information content (AvgIpc) is 2.49. The fourth-order valence-electron chi connectivity index (χ4n) is 2.50. The zero-order valence-electron chi connectivity index (χ0n) is 12.2. The van der Waals surface area contributed by atoms with Crippen molar-refractivity contribution in [3.05, 3.63) is 22.2 Å². The summed E-state index contributed by atoms with van der Waals surface area (Å²) in [5.74, 6) is 1.63. The number of nitrogens with zero attached hydrogens (tertiary/aromatic N) is 1. The summed E-state index contributed by atoms with van der Waals surface area (Å²) in [4.78, 5) is 2.45. The van der Waals surface area contributed by atoms with Gasteiger partial charge in [0.1, 0.15) is 0 Å². The maximum absolute atomic E-state index is 5.50. The number of hydrogen-bond donors (Lipinski definition) is 0. The third kappa shape index (κ3) is 3.87. The Labute approximate surface area is 129 Å². The monoisotopic (exact) mass is 343 g/mol. The normalized spacial score (nSPS) is 16.1. The van der Waals surface area contributed by atoms with Gasteiger partial charge in [-0.25, -0.2) is 0 Å². The smallest absolute Gasteiger partial charge is 0.165 e. The molecule has 20 heavy (non-hydrogen) atoms. The molecular formula is C15H22BrNO3. The zero-order valence-corrected chi connectivity index (χ0v) is 13.7. The van der Waals surface area contributed by atoms with E-state index in [1.165, 1.54) is 5.56 Å². The predicted octanol–water partition coefficient (Wildman–Crippen LogP) is 2.73. The van der Waals surface area contributed by atoms with Crippen molar-refractivity contribution in [2.24, 2.45) is 0 Å². The fraction of sp³-hybridized carbons (Fsp3) is 0.600. The molecule has 0 atom stereocenters. The Hall–Kier alpha value is -0.780. The molecule has 2 rings (SSSR count). The standard InChI is InChI=1S/C15H22BrNO3/c1-18-14-6-5-13(16)12(15(14)19-2)4-3-7-17-8-10-20-11-9-17/h5-6H,3-4,7-11H2,1-2H3. The van der Waals surface area contributed by atoms with E-state index in [9.17, 15) is 0 Å². The number of rotatable bonds is 6. The summed E-state index contributed by atoms with van der Waals surface area (Å²) >= 11 is 3.61. The summed E-state index contributed by atoms with van der Waals surface area (Å²) in [6.07, 6.45) is 2.07. The van der Waals surface area contributed by atoms with Gasteiger partial charge in [0.15, 0.2) is 11.5 Å². The van der Waals surface area contributed by atoms with Crippen LogP contribution in [-0.2, 0) is 11.2 Å². The van der Waals surface area contributed by atoms with Crippen LogP contribution in [0.15, 0.2) is 16.6 Å². The molecule has 0 spiro atoms. The Morgan fingerprint density at radius 2 is 1.95 bits per heavy atom. The molecule has 1 saturated heterocycles. The van der Waals surface area contributed by atoms with Crippen molar-refractivity contribution in [1.29, 1.82) is 0 Å². The summed E-state index contributed by atoms with van der Waals surface area (Å²) in [6, 6.07) is 3.94. The first-order valence-corrected chi connectivity index (χ1v) is 7.75. The van der Waals surface area contributed by atoms with Crippen molar-refractivity contribution >= 4 is 15.9 Å². The quantitative estimate of drug-likeness (QED) is 0.794. The Kier molecular flexibility index (Phi) is 6.13. The number of benzene rings is 1. The molecule has 1 heterocycles. The molecule has 0 amide bonds. The van der Waals surface area contributed by atoms with Gasteiger partial charge in [0.25, 0.3) is 0 Å². The van der Waals surface area contributed by atoms with E-state index in [1.807, 2.05) is 12.1 Å². The van der Waals surface area contributed by atoms with Gasteiger partial charge in [-0.15, -0.1) is 0 Å². The Morgan fingerprint density at radius 1 is 1.20 bits per heavy atom. The van der Waals surface area contributed by atoms with Gasteiger partial charge in [-0.3, -0.25) is 4.90 Å². The highest BCUT2D eigenvalue weighted by Crippen LogP contribution is 2.36. The molecule has 5 heteroatoms. The summed E-state index contributed by atoms with van der Waals surface area (Å²) in [5, 5.41) is 0. The first-order valence-electron chi connectivity index (χ1n) is 6.95.